The molecule has 1 saturated heterocycles. The van der Waals surface area contributed by atoms with E-state index < -0.39 is 14.6 Å². The van der Waals surface area contributed by atoms with Gasteiger partial charge in [0.2, 0.25) is 0 Å². The van der Waals surface area contributed by atoms with Crippen molar-refractivity contribution < 1.29 is 13.2 Å². The molecule has 1 aromatic heterocycles. The first-order valence-electron chi connectivity index (χ1n) is 9.86. The van der Waals surface area contributed by atoms with Crippen molar-refractivity contribution in [1.82, 2.24) is 25.0 Å². The zero-order chi connectivity index (χ0) is 21.9. The Hall–Kier alpha value is -1.89. The second-order valence-corrected chi connectivity index (χ2v) is 10.8. The number of guanidine groups is 1. The largest absolute Gasteiger partial charge is 0.497 e. The van der Waals surface area contributed by atoms with Crippen molar-refractivity contribution in [2.45, 2.75) is 38.6 Å². The van der Waals surface area contributed by atoms with E-state index in [4.69, 9.17) is 9.73 Å². The van der Waals surface area contributed by atoms with Gasteiger partial charge in [-0.2, -0.15) is 0 Å². The molecule has 3 rings (SSSR count). The summed E-state index contributed by atoms with van der Waals surface area (Å²) in [7, 11) is 0.411. The number of rotatable bonds is 5. The maximum absolute atomic E-state index is 12.4. The van der Waals surface area contributed by atoms with Crippen LogP contribution in [0.5, 0.6) is 5.75 Å². The highest BCUT2D eigenvalue weighted by Gasteiger charge is 2.41. The van der Waals surface area contributed by atoms with Crippen LogP contribution in [0.25, 0.3) is 0 Å². The Morgan fingerprint density at radius 2 is 1.94 bits per heavy atom. The highest BCUT2D eigenvalue weighted by Crippen LogP contribution is 2.24. The fraction of sp³-hybridized carbons (Fsp3) is 0.550. The van der Waals surface area contributed by atoms with Crippen LogP contribution in [0.2, 0.25) is 0 Å². The summed E-state index contributed by atoms with van der Waals surface area (Å²) in [5, 5.41) is 11.6. The summed E-state index contributed by atoms with van der Waals surface area (Å²) in [5.74, 6) is 3.17. The van der Waals surface area contributed by atoms with Gasteiger partial charge in [-0.25, -0.2) is 13.4 Å². The van der Waals surface area contributed by atoms with E-state index in [0.29, 0.717) is 32.1 Å². The molecule has 0 radical (unpaired) electrons. The molecule has 172 valence electrons. The molecule has 1 aliphatic rings. The molecule has 2 heterocycles. The Labute approximate surface area is 201 Å². The van der Waals surface area contributed by atoms with Gasteiger partial charge in [0.15, 0.2) is 21.6 Å². The quantitative estimate of drug-likeness (QED) is 0.338. The third-order valence-corrected chi connectivity index (χ3v) is 8.03. The van der Waals surface area contributed by atoms with Crippen LogP contribution in [0.15, 0.2) is 29.3 Å². The maximum atomic E-state index is 12.4. The minimum atomic E-state index is -3.14. The minimum Gasteiger partial charge on any atom is -0.497 e. The van der Waals surface area contributed by atoms with Gasteiger partial charge in [0, 0.05) is 20.1 Å². The van der Waals surface area contributed by atoms with Crippen molar-refractivity contribution in [2.24, 2.45) is 12.0 Å². The number of benzene rings is 1. The number of nitrogens with zero attached hydrogens (tertiary/aromatic N) is 5. The van der Waals surface area contributed by atoms with Gasteiger partial charge >= 0.3 is 0 Å². The van der Waals surface area contributed by atoms with Crippen molar-refractivity contribution in [2.75, 3.05) is 26.0 Å². The third-order valence-electron chi connectivity index (χ3n) is 5.50. The second kappa shape index (κ2) is 10.2. The normalized spacial score (nSPS) is 17.7. The number of sulfone groups is 1. The lowest BCUT2D eigenvalue weighted by molar-refractivity contribution is 0.352. The van der Waals surface area contributed by atoms with Crippen LogP contribution < -0.4 is 10.1 Å². The van der Waals surface area contributed by atoms with Crippen LogP contribution >= 0.6 is 24.0 Å². The molecule has 0 aliphatic carbocycles. The zero-order valence-electron chi connectivity index (χ0n) is 18.6. The number of aromatic nitrogens is 3. The second-order valence-electron chi connectivity index (χ2n) is 8.06. The molecule has 1 fully saturated rings. The number of aryl methyl sites for hydroxylation is 1. The van der Waals surface area contributed by atoms with Gasteiger partial charge in [0.05, 0.1) is 30.7 Å². The molecule has 0 saturated carbocycles. The van der Waals surface area contributed by atoms with Crippen LogP contribution in [0.4, 0.5) is 0 Å². The van der Waals surface area contributed by atoms with Gasteiger partial charge in [-0.1, -0.05) is 12.1 Å². The van der Waals surface area contributed by atoms with Crippen LogP contribution in [0.3, 0.4) is 0 Å². The fourth-order valence-corrected chi connectivity index (χ4v) is 4.62. The predicted octanol–water partition coefficient (Wildman–Crippen LogP) is 1.90. The lowest BCUT2D eigenvalue weighted by Gasteiger charge is -2.39. The van der Waals surface area contributed by atoms with Crippen molar-refractivity contribution in [3.8, 4) is 5.75 Å². The fourth-order valence-electron chi connectivity index (χ4n) is 3.25. The van der Waals surface area contributed by atoms with E-state index in [2.05, 4.69) is 15.5 Å². The standard InChI is InChI=1S/C20H30N6O3S.HI/c1-15-23-24-18(25(15)4)13-22-19(21-12-16-6-8-17(29-5)9-7-16)26-10-11-30(27,28)20(2,3)14-26;/h6-9H,10-14H2,1-5H3,(H,21,22);1H. The lowest BCUT2D eigenvalue weighted by atomic mass is 10.2. The first kappa shape index (κ1) is 25.4. The number of hydrogen-bond donors (Lipinski definition) is 1. The molecular weight excluding hydrogens is 531 g/mol. The van der Waals surface area contributed by atoms with Gasteiger partial charge in [-0.15, -0.1) is 34.2 Å². The van der Waals surface area contributed by atoms with E-state index in [0.717, 1.165) is 23.0 Å². The minimum absolute atomic E-state index is 0. The first-order valence-corrected chi connectivity index (χ1v) is 11.5. The Kier molecular flexibility index (Phi) is 8.31. The van der Waals surface area contributed by atoms with Gasteiger partial charge < -0.3 is 19.5 Å². The number of methoxy groups -OCH3 is 1. The van der Waals surface area contributed by atoms with E-state index in [-0.39, 0.29) is 29.7 Å². The van der Waals surface area contributed by atoms with E-state index in [1.807, 2.05) is 47.7 Å². The van der Waals surface area contributed by atoms with Crippen LogP contribution in [-0.4, -0.2) is 64.7 Å². The highest BCUT2D eigenvalue weighted by molar-refractivity contribution is 14.0. The molecule has 0 spiro atoms. The summed E-state index contributed by atoms with van der Waals surface area (Å²) in [6.07, 6.45) is 0. The molecule has 9 nitrogen and oxygen atoms in total. The molecule has 1 N–H and O–H groups in total. The Morgan fingerprint density at radius 3 is 2.48 bits per heavy atom. The number of halogens is 1. The summed E-state index contributed by atoms with van der Waals surface area (Å²) in [6, 6.07) is 7.74. The van der Waals surface area contributed by atoms with Gasteiger partial charge in [-0.05, 0) is 38.5 Å². The number of hydrogen-bond acceptors (Lipinski definition) is 6. The Balaban J connectivity index is 0.00000341. The maximum Gasteiger partial charge on any atom is 0.194 e. The van der Waals surface area contributed by atoms with E-state index in [1.54, 1.807) is 21.0 Å². The average Bonchev–Trinajstić information content (AvgIpc) is 3.03. The van der Waals surface area contributed by atoms with Crippen molar-refractivity contribution in [1.29, 1.82) is 0 Å². The summed E-state index contributed by atoms with van der Waals surface area (Å²) in [5.41, 5.74) is 1.04. The van der Waals surface area contributed by atoms with Gasteiger partial charge in [0.25, 0.3) is 0 Å². The molecule has 1 aromatic carbocycles. The summed E-state index contributed by atoms with van der Waals surface area (Å²) < 4.78 is 31.1. The number of nitrogens with one attached hydrogen (secondary N) is 1. The monoisotopic (exact) mass is 562 g/mol. The molecule has 0 amide bonds. The van der Waals surface area contributed by atoms with Gasteiger partial charge in [-0.3, -0.25) is 0 Å². The number of aliphatic imine (C=N–C) groups is 1. The zero-order valence-corrected chi connectivity index (χ0v) is 21.8. The van der Waals surface area contributed by atoms with Crippen LogP contribution in [-0.2, 0) is 30.0 Å². The smallest absolute Gasteiger partial charge is 0.194 e. The average molecular weight is 562 g/mol. The molecular formula is C20H31IN6O3S. The molecule has 2 aromatic rings. The molecule has 1 aliphatic heterocycles. The Bertz CT molecular complexity index is 1020. The highest BCUT2D eigenvalue weighted by atomic mass is 127. The van der Waals surface area contributed by atoms with Gasteiger partial charge in [0.1, 0.15) is 11.6 Å². The van der Waals surface area contributed by atoms with Crippen molar-refractivity contribution >= 4 is 39.8 Å². The van der Waals surface area contributed by atoms with Crippen LogP contribution in [0.1, 0.15) is 31.1 Å². The molecule has 11 heteroatoms. The topological polar surface area (TPSA) is 102 Å². The molecule has 0 bridgehead atoms. The van der Waals surface area contributed by atoms with Crippen molar-refractivity contribution in [3.05, 3.63) is 41.5 Å². The van der Waals surface area contributed by atoms with Crippen molar-refractivity contribution in [3.63, 3.8) is 0 Å². The first-order chi connectivity index (χ1) is 14.1. The summed E-state index contributed by atoms with van der Waals surface area (Å²) in [4.78, 5) is 6.78. The van der Waals surface area contributed by atoms with E-state index in [1.165, 1.54) is 0 Å². The third kappa shape index (κ3) is 5.88. The molecule has 0 unspecified atom stereocenters. The Morgan fingerprint density at radius 1 is 1.26 bits per heavy atom. The van der Waals surface area contributed by atoms with Crippen LogP contribution in [0, 0.1) is 6.92 Å². The van der Waals surface area contributed by atoms with E-state index in [9.17, 15) is 8.42 Å². The summed E-state index contributed by atoms with van der Waals surface area (Å²) in [6.45, 7) is 7.12. The lowest BCUT2D eigenvalue weighted by Crippen LogP contribution is -2.57. The SMILES string of the molecule is COc1ccc(CN=C(NCc2nnc(C)n2C)N2CCS(=O)(=O)C(C)(C)C2)cc1.I. The van der Waals surface area contributed by atoms with E-state index >= 15 is 0 Å². The molecule has 0 atom stereocenters. The predicted molar refractivity (Wildman–Crippen MR) is 132 cm³/mol. The summed E-state index contributed by atoms with van der Waals surface area (Å²) >= 11 is 0. The molecule has 31 heavy (non-hydrogen) atoms. The number of ether oxygens (including phenoxy) is 1.